The molecule has 0 heterocycles. The molecule has 0 radical (unpaired) electrons. The third-order valence-electron chi connectivity index (χ3n) is 2.97. The molecular weight excluding hydrogens is 244 g/mol. The van der Waals surface area contributed by atoms with Gasteiger partial charge in [-0.3, -0.25) is 4.79 Å². The van der Waals surface area contributed by atoms with E-state index in [4.69, 9.17) is 9.47 Å². The molecule has 4 nitrogen and oxygen atoms in total. The molecule has 1 rings (SSSR count). The fraction of sp³-hybridized carbons (Fsp3) is 0.733. The van der Waals surface area contributed by atoms with Crippen molar-refractivity contribution in [3.63, 3.8) is 0 Å². The molecule has 0 fully saturated rings. The van der Waals surface area contributed by atoms with E-state index in [1.165, 1.54) is 5.57 Å². The summed E-state index contributed by atoms with van der Waals surface area (Å²) in [6, 6.07) is 0. The summed E-state index contributed by atoms with van der Waals surface area (Å²) in [5.74, 6) is -0.888. The minimum atomic E-state index is -0.481. The molecule has 0 aromatic rings. The fourth-order valence-electron chi connectivity index (χ4n) is 1.77. The Morgan fingerprint density at radius 2 is 2.00 bits per heavy atom. The first-order valence-corrected chi connectivity index (χ1v) is 6.76. The van der Waals surface area contributed by atoms with Crippen LogP contribution in [-0.2, 0) is 19.1 Å². The number of carbonyl (C=O) groups excluding carboxylic acids is 2. The van der Waals surface area contributed by atoms with Crippen molar-refractivity contribution < 1.29 is 19.1 Å². The van der Waals surface area contributed by atoms with E-state index in [0.717, 1.165) is 12.8 Å². The maximum Gasteiger partial charge on any atom is 0.344 e. The molecule has 19 heavy (non-hydrogen) atoms. The third kappa shape index (κ3) is 6.41. The lowest BCUT2D eigenvalue weighted by Crippen LogP contribution is -2.25. The quantitative estimate of drug-likeness (QED) is 0.581. The van der Waals surface area contributed by atoms with E-state index in [-0.39, 0.29) is 23.9 Å². The van der Waals surface area contributed by atoms with Gasteiger partial charge in [0.2, 0.25) is 0 Å². The molecule has 1 aliphatic rings. The van der Waals surface area contributed by atoms with Crippen molar-refractivity contribution in [1.29, 1.82) is 0 Å². The molecular formula is C15H24O4. The maximum absolute atomic E-state index is 11.8. The molecule has 0 N–H and O–H groups in total. The second kappa shape index (κ2) is 6.73. The Labute approximate surface area is 115 Å². The largest absolute Gasteiger partial charge is 0.463 e. The highest BCUT2D eigenvalue weighted by atomic mass is 16.6. The first-order chi connectivity index (χ1) is 8.78. The number of hydrogen-bond acceptors (Lipinski definition) is 4. The van der Waals surface area contributed by atoms with Gasteiger partial charge in [-0.1, -0.05) is 32.4 Å². The van der Waals surface area contributed by atoms with Crippen LogP contribution in [0.15, 0.2) is 11.6 Å². The summed E-state index contributed by atoms with van der Waals surface area (Å²) >= 11 is 0. The minimum Gasteiger partial charge on any atom is -0.463 e. The molecule has 0 saturated carbocycles. The molecule has 0 spiro atoms. The van der Waals surface area contributed by atoms with E-state index < -0.39 is 5.97 Å². The number of ether oxygens (including phenoxy) is 2. The SMILES string of the molecule is CC1=CC[C@H](C(=O)OCC(=O)OCC(C)(C)C)CC1. The van der Waals surface area contributed by atoms with Gasteiger partial charge in [0.15, 0.2) is 6.61 Å². The molecule has 0 aliphatic heterocycles. The first-order valence-electron chi connectivity index (χ1n) is 6.76. The normalized spacial score (nSPS) is 19.6. The lowest BCUT2D eigenvalue weighted by atomic mass is 9.90. The Hall–Kier alpha value is -1.32. The van der Waals surface area contributed by atoms with E-state index in [2.05, 4.69) is 13.0 Å². The minimum absolute atomic E-state index is 0.0780. The average molecular weight is 268 g/mol. The first kappa shape index (κ1) is 15.7. The molecule has 0 amide bonds. The van der Waals surface area contributed by atoms with Gasteiger partial charge in [-0.15, -0.1) is 0 Å². The lowest BCUT2D eigenvalue weighted by Gasteiger charge is -2.20. The number of carbonyl (C=O) groups is 2. The second-order valence-corrected chi connectivity index (χ2v) is 6.35. The van der Waals surface area contributed by atoms with Crippen LogP contribution in [0.1, 0.15) is 47.0 Å². The fourth-order valence-corrected chi connectivity index (χ4v) is 1.77. The third-order valence-corrected chi connectivity index (χ3v) is 2.97. The Bertz CT molecular complexity index is 363. The van der Waals surface area contributed by atoms with Gasteiger partial charge in [0.05, 0.1) is 12.5 Å². The van der Waals surface area contributed by atoms with E-state index in [0.29, 0.717) is 13.0 Å². The van der Waals surface area contributed by atoms with E-state index >= 15 is 0 Å². The van der Waals surface area contributed by atoms with Gasteiger partial charge in [-0.05, 0) is 31.6 Å². The zero-order chi connectivity index (χ0) is 14.5. The van der Waals surface area contributed by atoms with Gasteiger partial charge in [-0.2, -0.15) is 0 Å². The standard InChI is InChI=1S/C15H24O4/c1-11-5-7-12(8-6-11)14(17)18-9-13(16)19-10-15(2,3)4/h5,12H,6-10H2,1-4H3/t12-/m0/s1. The predicted octanol–water partition coefficient (Wildman–Crippen LogP) is 2.87. The average Bonchev–Trinajstić information content (AvgIpc) is 2.33. The molecule has 0 unspecified atom stereocenters. The summed E-state index contributed by atoms with van der Waals surface area (Å²) in [6.45, 7) is 8.03. The van der Waals surface area contributed by atoms with Crippen molar-refractivity contribution in [2.45, 2.75) is 47.0 Å². The van der Waals surface area contributed by atoms with Crippen molar-refractivity contribution in [3.8, 4) is 0 Å². The van der Waals surface area contributed by atoms with Crippen LogP contribution in [-0.4, -0.2) is 25.2 Å². The molecule has 1 aliphatic carbocycles. The Morgan fingerprint density at radius 1 is 1.32 bits per heavy atom. The van der Waals surface area contributed by atoms with Crippen LogP contribution >= 0.6 is 0 Å². The number of allylic oxidation sites excluding steroid dienone is 2. The molecule has 0 aromatic carbocycles. The van der Waals surface area contributed by atoms with Crippen LogP contribution in [0, 0.1) is 11.3 Å². The van der Waals surface area contributed by atoms with Gasteiger partial charge >= 0.3 is 11.9 Å². The lowest BCUT2D eigenvalue weighted by molar-refractivity contribution is -0.162. The molecule has 0 saturated heterocycles. The summed E-state index contributed by atoms with van der Waals surface area (Å²) in [5, 5.41) is 0. The van der Waals surface area contributed by atoms with Gasteiger partial charge in [-0.25, -0.2) is 4.79 Å². The van der Waals surface area contributed by atoms with Crippen molar-refractivity contribution >= 4 is 11.9 Å². The monoisotopic (exact) mass is 268 g/mol. The summed E-state index contributed by atoms with van der Waals surface area (Å²) < 4.78 is 10.0. The maximum atomic E-state index is 11.8. The molecule has 108 valence electrons. The summed E-state index contributed by atoms with van der Waals surface area (Å²) in [6.07, 6.45) is 4.50. The molecule has 0 aromatic heterocycles. The van der Waals surface area contributed by atoms with Crippen LogP contribution in [0.25, 0.3) is 0 Å². The van der Waals surface area contributed by atoms with Gasteiger partial charge < -0.3 is 9.47 Å². The summed E-state index contributed by atoms with van der Waals surface area (Å²) in [5.41, 5.74) is 1.24. The van der Waals surface area contributed by atoms with Gasteiger partial charge in [0, 0.05) is 0 Å². The van der Waals surface area contributed by atoms with Crippen molar-refractivity contribution in [1.82, 2.24) is 0 Å². The predicted molar refractivity (Wildman–Crippen MR) is 72.5 cm³/mol. The van der Waals surface area contributed by atoms with Crippen LogP contribution in [0.3, 0.4) is 0 Å². The van der Waals surface area contributed by atoms with Gasteiger partial charge in [0.1, 0.15) is 0 Å². The van der Waals surface area contributed by atoms with Crippen LogP contribution < -0.4 is 0 Å². The Kier molecular flexibility index (Phi) is 5.58. The van der Waals surface area contributed by atoms with Crippen molar-refractivity contribution in [3.05, 3.63) is 11.6 Å². The van der Waals surface area contributed by atoms with Crippen LogP contribution in [0.2, 0.25) is 0 Å². The zero-order valence-electron chi connectivity index (χ0n) is 12.3. The highest BCUT2D eigenvalue weighted by Gasteiger charge is 2.23. The molecule has 4 heteroatoms. The Balaban J connectivity index is 2.25. The molecule has 1 atom stereocenters. The number of rotatable bonds is 4. The molecule has 0 bridgehead atoms. The number of esters is 2. The topological polar surface area (TPSA) is 52.6 Å². The highest BCUT2D eigenvalue weighted by molar-refractivity contribution is 5.78. The van der Waals surface area contributed by atoms with Gasteiger partial charge in [0.25, 0.3) is 0 Å². The van der Waals surface area contributed by atoms with E-state index in [1.54, 1.807) is 0 Å². The summed E-state index contributed by atoms with van der Waals surface area (Å²) in [7, 11) is 0. The van der Waals surface area contributed by atoms with Crippen LogP contribution in [0.4, 0.5) is 0 Å². The highest BCUT2D eigenvalue weighted by Crippen LogP contribution is 2.24. The van der Waals surface area contributed by atoms with E-state index in [1.807, 2.05) is 20.8 Å². The van der Waals surface area contributed by atoms with Crippen LogP contribution in [0.5, 0.6) is 0 Å². The second-order valence-electron chi connectivity index (χ2n) is 6.35. The zero-order valence-corrected chi connectivity index (χ0v) is 12.3. The Morgan fingerprint density at radius 3 is 2.53 bits per heavy atom. The van der Waals surface area contributed by atoms with E-state index in [9.17, 15) is 9.59 Å². The number of hydrogen-bond donors (Lipinski definition) is 0. The smallest absolute Gasteiger partial charge is 0.344 e. The summed E-state index contributed by atoms with van der Waals surface area (Å²) in [4.78, 5) is 23.2. The van der Waals surface area contributed by atoms with Crippen molar-refractivity contribution in [2.24, 2.45) is 11.3 Å². The van der Waals surface area contributed by atoms with Crippen molar-refractivity contribution in [2.75, 3.05) is 13.2 Å².